The van der Waals surface area contributed by atoms with Gasteiger partial charge in [-0.25, -0.2) is 4.98 Å². The molecule has 3 aromatic rings. The molecule has 1 aromatic carbocycles. The molecule has 0 saturated carbocycles. The van der Waals surface area contributed by atoms with Gasteiger partial charge in [-0.3, -0.25) is 4.79 Å². The molecule has 2 aromatic heterocycles. The monoisotopic (exact) mass is 383 g/mol. The molecule has 0 fully saturated rings. The molecule has 0 saturated heterocycles. The zero-order valence-corrected chi connectivity index (χ0v) is 16.9. The minimum atomic E-state index is -0.285. The van der Waals surface area contributed by atoms with Gasteiger partial charge in [-0.15, -0.1) is 0 Å². The van der Waals surface area contributed by atoms with Gasteiger partial charge in [-0.1, -0.05) is 30.0 Å². The number of hydrogen-bond acceptors (Lipinski definition) is 3. The number of rotatable bonds is 2. The number of para-hydroxylation sites is 1. The molecular formula is C24H21N3O2. The number of carbonyl (C=O) groups excluding carboxylic acids is 1. The van der Waals surface area contributed by atoms with Gasteiger partial charge in [0.2, 0.25) is 5.69 Å². The van der Waals surface area contributed by atoms with E-state index in [0.29, 0.717) is 5.69 Å². The van der Waals surface area contributed by atoms with E-state index in [1.807, 2.05) is 54.9 Å². The molecule has 5 rings (SSSR count). The number of allylic oxidation sites excluding steroid dienone is 3. The van der Waals surface area contributed by atoms with E-state index in [9.17, 15) is 9.90 Å². The molecule has 2 aliphatic rings. The first kappa shape index (κ1) is 17.6. The van der Waals surface area contributed by atoms with E-state index in [4.69, 9.17) is 0 Å². The van der Waals surface area contributed by atoms with Crippen molar-refractivity contribution >= 4 is 28.3 Å². The number of fused-ring (bicyclic) bond motifs is 2. The Morgan fingerprint density at radius 1 is 1.14 bits per heavy atom. The van der Waals surface area contributed by atoms with Crippen molar-refractivity contribution in [3.8, 4) is 0 Å². The number of carbonyl (C=O) groups is 1. The highest BCUT2D eigenvalue weighted by atomic mass is 16.3. The zero-order valence-electron chi connectivity index (χ0n) is 16.9. The number of pyridine rings is 1. The Kier molecular flexibility index (Phi) is 3.50. The van der Waals surface area contributed by atoms with E-state index in [1.165, 1.54) is 5.56 Å². The van der Waals surface area contributed by atoms with Gasteiger partial charge in [-0.2, -0.15) is 4.58 Å². The summed E-state index contributed by atoms with van der Waals surface area (Å²) in [6, 6.07) is 13.8. The number of benzene rings is 1. The largest absolute Gasteiger partial charge is 0.871 e. The lowest BCUT2D eigenvalue weighted by Gasteiger charge is -2.30. The fourth-order valence-electron chi connectivity index (χ4n) is 4.53. The predicted molar refractivity (Wildman–Crippen MR) is 110 cm³/mol. The normalized spacial score (nSPS) is 19.3. The first-order valence-corrected chi connectivity index (χ1v) is 9.65. The van der Waals surface area contributed by atoms with Crippen LogP contribution in [0.25, 0.3) is 11.1 Å². The van der Waals surface area contributed by atoms with Crippen molar-refractivity contribution in [3.63, 3.8) is 0 Å². The smallest absolute Gasteiger partial charge is 0.209 e. The Morgan fingerprint density at radius 2 is 1.86 bits per heavy atom. The Labute approximate surface area is 169 Å². The van der Waals surface area contributed by atoms with Crippen LogP contribution >= 0.6 is 0 Å². The van der Waals surface area contributed by atoms with Crippen molar-refractivity contribution in [2.45, 2.75) is 26.2 Å². The minimum absolute atomic E-state index is 0.185. The third kappa shape index (κ3) is 2.24. The summed E-state index contributed by atoms with van der Waals surface area (Å²) < 4.78 is 3.96. The summed E-state index contributed by atoms with van der Waals surface area (Å²) in [7, 11) is 1.98. The second-order valence-corrected chi connectivity index (χ2v) is 8.14. The fourth-order valence-corrected chi connectivity index (χ4v) is 4.53. The Bertz CT molecular complexity index is 1320. The van der Waals surface area contributed by atoms with Crippen LogP contribution in [0.4, 0.5) is 5.69 Å². The maximum absolute atomic E-state index is 13.0. The molecule has 3 heterocycles. The molecule has 0 radical (unpaired) electrons. The summed E-state index contributed by atoms with van der Waals surface area (Å²) in [6.45, 7) is 6.10. The van der Waals surface area contributed by atoms with Crippen LogP contribution in [0.2, 0.25) is 0 Å². The molecule has 29 heavy (non-hydrogen) atoms. The van der Waals surface area contributed by atoms with Gasteiger partial charge in [0.05, 0.1) is 16.6 Å². The van der Waals surface area contributed by atoms with Gasteiger partial charge in [-0.05, 0) is 32.9 Å². The molecule has 0 N–H and O–H groups in total. The van der Waals surface area contributed by atoms with E-state index in [2.05, 4.69) is 35.5 Å². The van der Waals surface area contributed by atoms with Crippen molar-refractivity contribution in [2.75, 3.05) is 7.05 Å². The van der Waals surface area contributed by atoms with Crippen LogP contribution < -0.4 is 5.11 Å². The quantitative estimate of drug-likeness (QED) is 0.505. The van der Waals surface area contributed by atoms with E-state index in [0.717, 1.165) is 22.7 Å². The van der Waals surface area contributed by atoms with Crippen LogP contribution in [0.15, 0.2) is 66.1 Å². The topological polar surface area (TPSA) is 60.4 Å². The molecule has 1 aliphatic heterocycles. The first-order valence-electron chi connectivity index (χ1n) is 9.65. The lowest BCUT2D eigenvalue weighted by Crippen LogP contribution is -2.33. The SMILES string of the molecule is Cc1nc(C2=C([O-])C(=CC3=[N+](C)c4ccccc4C3(C)C)C2=O)c2ccccn12. The van der Waals surface area contributed by atoms with Crippen molar-refractivity contribution in [1.82, 2.24) is 9.38 Å². The summed E-state index contributed by atoms with van der Waals surface area (Å²) in [6.07, 6.45) is 3.65. The number of ketones is 1. The van der Waals surface area contributed by atoms with E-state index in [1.54, 1.807) is 6.08 Å². The number of imidazole rings is 1. The maximum Gasteiger partial charge on any atom is 0.209 e. The van der Waals surface area contributed by atoms with Crippen molar-refractivity contribution in [1.29, 1.82) is 0 Å². The average molecular weight is 383 g/mol. The van der Waals surface area contributed by atoms with Crippen LogP contribution in [-0.2, 0) is 10.2 Å². The molecule has 0 unspecified atom stereocenters. The molecule has 5 heteroatoms. The van der Waals surface area contributed by atoms with E-state index in [-0.39, 0.29) is 28.1 Å². The number of aromatic nitrogens is 2. The van der Waals surface area contributed by atoms with Gasteiger partial charge in [0.25, 0.3) is 0 Å². The average Bonchev–Trinajstić information content (AvgIpc) is 3.13. The summed E-state index contributed by atoms with van der Waals surface area (Å²) >= 11 is 0. The molecule has 0 spiro atoms. The molecule has 0 bridgehead atoms. The molecule has 0 atom stereocenters. The minimum Gasteiger partial charge on any atom is -0.871 e. The third-order valence-corrected chi connectivity index (χ3v) is 6.13. The molecular weight excluding hydrogens is 362 g/mol. The number of Topliss-reactive ketones (excluding diaryl/α,β-unsaturated/α-hetero) is 1. The van der Waals surface area contributed by atoms with Gasteiger partial charge in [0.1, 0.15) is 12.9 Å². The summed E-state index contributed by atoms with van der Waals surface area (Å²) in [5, 5.41) is 13.0. The molecule has 5 nitrogen and oxygen atoms in total. The standard InChI is InChI=1S/C24H21N3O2/c1-14-25-21(18-11-7-8-12-27(14)18)20-22(28)15(23(20)29)13-19-24(2,3)16-9-5-6-10-17(16)26(19)4/h5-13H,1-4H3. The number of nitrogens with zero attached hydrogens (tertiary/aromatic N) is 3. The van der Waals surface area contributed by atoms with Gasteiger partial charge in [0.15, 0.2) is 11.5 Å². The van der Waals surface area contributed by atoms with Crippen LogP contribution in [-0.4, -0.2) is 32.5 Å². The van der Waals surface area contributed by atoms with E-state index >= 15 is 0 Å². The number of aryl methyl sites for hydroxylation is 1. The van der Waals surface area contributed by atoms with Gasteiger partial charge in [0, 0.05) is 35.0 Å². The van der Waals surface area contributed by atoms with Crippen LogP contribution in [0.5, 0.6) is 0 Å². The van der Waals surface area contributed by atoms with Crippen molar-refractivity contribution < 1.29 is 14.5 Å². The summed E-state index contributed by atoms with van der Waals surface area (Å²) in [5.41, 5.74) is 4.62. The highest BCUT2D eigenvalue weighted by Crippen LogP contribution is 2.41. The predicted octanol–water partition coefficient (Wildman–Crippen LogP) is 2.93. The van der Waals surface area contributed by atoms with Crippen molar-refractivity contribution in [2.24, 2.45) is 0 Å². The summed E-state index contributed by atoms with van der Waals surface area (Å²) in [4.78, 5) is 17.5. The lowest BCUT2D eigenvalue weighted by molar-refractivity contribution is -0.401. The maximum atomic E-state index is 13.0. The second-order valence-electron chi connectivity index (χ2n) is 8.14. The lowest BCUT2D eigenvalue weighted by atomic mass is 9.78. The molecule has 0 amide bonds. The highest BCUT2D eigenvalue weighted by Gasteiger charge is 2.44. The molecule has 144 valence electrons. The third-order valence-electron chi connectivity index (χ3n) is 6.13. The summed E-state index contributed by atoms with van der Waals surface area (Å²) in [5.74, 6) is 0.292. The zero-order chi connectivity index (χ0) is 20.5. The van der Waals surface area contributed by atoms with Crippen LogP contribution in [0.1, 0.15) is 30.9 Å². The van der Waals surface area contributed by atoms with Crippen LogP contribution in [0.3, 0.4) is 0 Å². The van der Waals surface area contributed by atoms with Crippen molar-refractivity contribution in [3.05, 3.63) is 83.2 Å². The Morgan fingerprint density at radius 3 is 2.59 bits per heavy atom. The highest BCUT2D eigenvalue weighted by molar-refractivity contribution is 6.40. The van der Waals surface area contributed by atoms with Gasteiger partial charge < -0.3 is 9.51 Å². The number of hydrogen-bond donors (Lipinski definition) is 0. The Balaban J connectivity index is 1.63. The second kappa shape index (κ2) is 5.77. The van der Waals surface area contributed by atoms with Gasteiger partial charge >= 0.3 is 0 Å². The van der Waals surface area contributed by atoms with E-state index < -0.39 is 0 Å². The van der Waals surface area contributed by atoms with Crippen LogP contribution in [0, 0.1) is 6.92 Å². The molecule has 1 aliphatic carbocycles. The Hall–Kier alpha value is -3.47. The first-order chi connectivity index (χ1) is 13.8. The fraction of sp³-hybridized carbons (Fsp3) is 0.208.